The molecule has 4 nitrogen and oxygen atoms in total. The summed E-state index contributed by atoms with van der Waals surface area (Å²) in [4.78, 5) is 11.0. The molecule has 1 aliphatic carbocycles. The van der Waals surface area contributed by atoms with E-state index in [1.807, 2.05) is 25.5 Å². The topological polar surface area (TPSA) is 54.3 Å². The molecule has 0 saturated heterocycles. The van der Waals surface area contributed by atoms with Crippen molar-refractivity contribution in [2.24, 2.45) is 5.41 Å². The highest BCUT2D eigenvalue weighted by Gasteiger charge is 2.31. The van der Waals surface area contributed by atoms with E-state index in [9.17, 15) is 4.79 Å². The summed E-state index contributed by atoms with van der Waals surface area (Å²) in [6.45, 7) is 11.8. The third-order valence-electron chi connectivity index (χ3n) is 3.98. The third-order valence-corrected chi connectivity index (χ3v) is 3.98. The molecule has 4 heteroatoms. The van der Waals surface area contributed by atoms with Gasteiger partial charge in [0.2, 0.25) is 0 Å². The maximum Gasteiger partial charge on any atom is 0.323 e. The molecule has 2 rings (SSSR count). The first-order valence-electron chi connectivity index (χ1n) is 7.44. The van der Waals surface area contributed by atoms with Crippen molar-refractivity contribution in [3.8, 4) is 0 Å². The Morgan fingerprint density at radius 1 is 1.52 bits per heavy atom. The SMILES string of the molecule is C=CC.CNc1c2c(n(CC(=O)O)c1C)CC(C)(C)CC2. The Bertz CT molecular complexity index is 527. The molecular formula is C17H28N2O2. The van der Waals surface area contributed by atoms with Crippen molar-refractivity contribution in [2.45, 2.75) is 53.5 Å². The molecule has 118 valence electrons. The van der Waals surface area contributed by atoms with Gasteiger partial charge < -0.3 is 15.0 Å². The Morgan fingerprint density at radius 2 is 2.10 bits per heavy atom. The average molecular weight is 292 g/mol. The second-order valence-corrected chi connectivity index (χ2v) is 6.36. The molecule has 0 aliphatic heterocycles. The van der Waals surface area contributed by atoms with E-state index in [1.54, 1.807) is 6.08 Å². The highest BCUT2D eigenvalue weighted by atomic mass is 16.4. The highest BCUT2D eigenvalue weighted by molar-refractivity contribution is 5.69. The van der Waals surface area contributed by atoms with Crippen molar-refractivity contribution in [2.75, 3.05) is 12.4 Å². The number of nitrogens with one attached hydrogen (secondary N) is 1. The summed E-state index contributed by atoms with van der Waals surface area (Å²) in [5.74, 6) is -0.776. The van der Waals surface area contributed by atoms with Crippen LogP contribution in [0.5, 0.6) is 0 Å². The summed E-state index contributed by atoms with van der Waals surface area (Å²) in [6.07, 6.45) is 4.90. The van der Waals surface area contributed by atoms with Gasteiger partial charge in [-0.3, -0.25) is 4.79 Å². The number of carbonyl (C=O) groups is 1. The monoisotopic (exact) mass is 292 g/mol. The van der Waals surface area contributed by atoms with Gasteiger partial charge in [-0.1, -0.05) is 19.9 Å². The largest absolute Gasteiger partial charge is 0.480 e. The molecule has 0 unspecified atom stereocenters. The zero-order chi connectivity index (χ0) is 16.2. The van der Waals surface area contributed by atoms with Crippen LogP contribution in [0.3, 0.4) is 0 Å². The van der Waals surface area contributed by atoms with Crippen LogP contribution >= 0.6 is 0 Å². The molecule has 0 bridgehead atoms. The number of fused-ring (bicyclic) bond motifs is 1. The van der Waals surface area contributed by atoms with Gasteiger partial charge in [-0.2, -0.15) is 0 Å². The minimum atomic E-state index is -0.776. The summed E-state index contributed by atoms with van der Waals surface area (Å²) in [5, 5.41) is 12.3. The molecule has 0 amide bonds. The first-order chi connectivity index (χ1) is 9.77. The van der Waals surface area contributed by atoms with Gasteiger partial charge in [-0.05, 0) is 44.1 Å². The van der Waals surface area contributed by atoms with E-state index in [0.717, 1.165) is 30.6 Å². The predicted molar refractivity (Wildman–Crippen MR) is 88.0 cm³/mol. The number of aromatic nitrogens is 1. The summed E-state index contributed by atoms with van der Waals surface area (Å²) in [6, 6.07) is 0. The molecule has 0 aromatic carbocycles. The predicted octanol–water partition coefficient (Wildman–Crippen LogP) is 3.63. The van der Waals surface area contributed by atoms with Gasteiger partial charge >= 0.3 is 5.97 Å². The lowest BCUT2D eigenvalue weighted by atomic mass is 9.76. The molecule has 1 aliphatic rings. The number of allylic oxidation sites excluding steroid dienone is 1. The van der Waals surface area contributed by atoms with E-state index in [4.69, 9.17) is 5.11 Å². The molecule has 1 aromatic rings. The Hall–Kier alpha value is -1.71. The van der Waals surface area contributed by atoms with E-state index in [0.29, 0.717) is 0 Å². The smallest absolute Gasteiger partial charge is 0.323 e. The average Bonchev–Trinajstić information content (AvgIpc) is 2.61. The molecule has 2 N–H and O–H groups in total. The number of carboxylic acid groups (broad SMARTS) is 1. The summed E-state index contributed by atoms with van der Waals surface area (Å²) in [5.41, 5.74) is 4.95. The Labute approximate surface area is 127 Å². The van der Waals surface area contributed by atoms with Gasteiger partial charge in [0.1, 0.15) is 6.54 Å². The standard InChI is InChI=1S/C14H22N2O2.C3H6/c1-9-13(15-4)10-5-6-14(2,3)7-11(10)16(9)8-12(17)18;1-3-2/h15H,5-8H2,1-4H3,(H,17,18);3H,1H2,2H3. The molecule has 1 heterocycles. The zero-order valence-electron chi connectivity index (χ0n) is 13.9. The van der Waals surface area contributed by atoms with Crippen LogP contribution in [0, 0.1) is 12.3 Å². The molecule has 1 aromatic heterocycles. The van der Waals surface area contributed by atoms with E-state index >= 15 is 0 Å². The van der Waals surface area contributed by atoms with Gasteiger partial charge in [0, 0.05) is 18.4 Å². The maximum absolute atomic E-state index is 11.0. The van der Waals surface area contributed by atoms with Gasteiger partial charge in [0.15, 0.2) is 0 Å². The van der Waals surface area contributed by atoms with E-state index < -0.39 is 5.97 Å². The number of nitrogens with zero attached hydrogens (tertiary/aromatic N) is 1. The van der Waals surface area contributed by atoms with E-state index in [2.05, 4.69) is 25.7 Å². The number of hydrogen-bond acceptors (Lipinski definition) is 2. The molecular weight excluding hydrogens is 264 g/mol. The third kappa shape index (κ3) is 3.90. The molecule has 21 heavy (non-hydrogen) atoms. The molecule has 0 spiro atoms. The fourth-order valence-electron chi connectivity index (χ4n) is 3.02. The van der Waals surface area contributed by atoms with Crippen LogP contribution in [0.4, 0.5) is 5.69 Å². The lowest BCUT2D eigenvalue weighted by molar-refractivity contribution is -0.137. The molecule has 0 atom stereocenters. The van der Waals surface area contributed by atoms with Crippen LogP contribution in [0.25, 0.3) is 0 Å². The van der Waals surface area contributed by atoms with Gasteiger partial charge in [0.25, 0.3) is 0 Å². The number of aliphatic carboxylic acids is 1. The van der Waals surface area contributed by atoms with Crippen molar-refractivity contribution in [3.05, 3.63) is 29.6 Å². The van der Waals surface area contributed by atoms with Crippen LogP contribution in [0.2, 0.25) is 0 Å². The lowest BCUT2D eigenvalue weighted by Gasteiger charge is -2.30. The highest BCUT2D eigenvalue weighted by Crippen LogP contribution is 2.40. The van der Waals surface area contributed by atoms with Crippen LogP contribution in [-0.2, 0) is 24.2 Å². The summed E-state index contributed by atoms with van der Waals surface area (Å²) < 4.78 is 1.96. The first kappa shape index (κ1) is 17.3. The Balaban J connectivity index is 0.000000677. The van der Waals surface area contributed by atoms with Crippen LogP contribution < -0.4 is 5.32 Å². The molecule has 0 fully saturated rings. The van der Waals surface area contributed by atoms with Crippen LogP contribution in [0.1, 0.15) is 44.1 Å². The van der Waals surface area contributed by atoms with Crippen LogP contribution in [-0.4, -0.2) is 22.7 Å². The minimum Gasteiger partial charge on any atom is -0.480 e. The summed E-state index contributed by atoms with van der Waals surface area (Å²) in [7, 11) is 1.91. The second kappa shape index (κ2) is 6.83. The Kier molecular flexibility index (Phi) is 5.64. The quantitative estimate of drug-likeness (QED) is 0.836. The van der Waals surface area contributed by atoms with Crippen molar-refractivity contribution in [3.63, 3.8) is 0 Å². The Morgan fingerprint density at radius 3 is 2.57 bits per heavy atom. The van der Waals surface area contributed by atoms with Crippen molar-refractivity contribution in [1.82, 2.24) is 4.57 Å². The first-order valence-corrected chi connectivity index (χ1v) is 7.44. The van der Waals surface area contributed by atoms with E-state index in [1.165, 1.54) is 11.3 Å². The van der Waals surface area contributed by atoms with Crippen molar-refractivity contribution < 1.29 is 9.90 Å². The van der Waals surface area contributed by atoms with Crippen LogP contribution in [0.15, 0.2) is 12.7 Å². The van der Waals surface area contributed by atoms with Crippen molar-refractivity contribution in [1.29, 1.82) is 0 Å². The lowest BCUT2D eigenvalue weighted by Crippen LogP contribution is -2.25. The second-order valence-electron chi connectivity index (χ2n) is 6.36. The zero-order valence-corrected chi connectivity index (χ0v) is 13.9. The minimum absolute atomic E-state index is 0.0614. The number of carboxylic acids is 1. The molecule has 0 saturated carbocycles. The number of anilines is 1. The van der Waals surface area contributed by atoms with Gasteiger partial charge in [0.05, 0.1) is 5.69 Å². The fraction of sp³-hybridized carbons (Fsp3) is 0.588. The fourth-order valence-corrected chi connectivity index (χ4v) is 3.02. The maximum atomic E-state index is 11.0. The van der Waals surface area contributed by atoms with Gasteiger partial charge in [-0.15, -0.1) is 6.58 Å². The van der Waals surface area contributed by atoms with E-state index in [-0.39, 0.29) is 12.0 Å². The molecule has 0 radical (unpaired) electrons. The van der Waals surface area contributed by atoms with Gasteiger partial charge in [-0.25, -0.2) is 0 Å². The van der Waals surface area contributed by atoms with Crippen molar-refractivity contribution >= 4 is 11.7 Å². The normalized spacial score (nSPS) is 15.5. The number of hydrogen-bond donors (Lipinski definition) is 2. The summed E-state index contributed by atoms with van der Waals surface area (Å²) >= 11 is 0. The number of rotatable bonds is 3.